The molecule has 1 heterocycles. The molecule has 87 valence electrons. The van der Waals surface area contributed by atoms with Crippen LogP contribution in [-0.4, -0.2) is 26.2 Å². The summed E-state index contributed by atoms with van der Waals surface area (Å²) in [4.78, 5) is 2.47. The molecule has 1 saturated heterocycles. The topological polar surface area (TPSA) is 17.3 Å². The lowest BCUT2D eigenvalue weighted by Crippen LogP contribution is -2.41. The molecule has 0 aliphatic carbocycles. The third-order valence-corrected chi connectivity index (χ3v) is 3.11. The van der Waals surface area contributed by atoms with Crippen molar-refractivity contribution in [1.82, 2.24) is 5.32 Å². The highest BCUT2D eigenvalue weighted by atomic mass is 15.2. The van der Waals surface area contributed by atoms with Gasteiger partial charge in [-0.3, -0.25) is 0 Å². The Balaban J connectivity index is 2.32. The average molecular weight is 217 g/mol. The highest BCUT2D eigenvalue weighted by Crippen LogP contribution is 2.31. The lowest BCUT2D eigenvalue weighted by Gasteiger charge is -2.33. The molecule has 1 aliphatic heterocycles. The zero-order valence-electron chi connectivity index (χ0n) is 10.5. The first-order chi connectivity index (χ1) is 7.59. The second-order valence-electron chi connectivity index (χ2n) is 5.43. The van der Waals surface area contributed by atoms with E-state index in [-0.39, 0.29) is 5.41 Å². The molecule has 1 fully saturated rings. The van der Waals surface area contributed by atoms with Gasteiger partial charge in [0.15, 0.2) is 0 Å². The van der Waals surface area contributed by atoms with Gasteiger partial charge in [0.25, 0.3) is 0 Å². The summed E-state index contributed by atoms with van der Waals surface area (Å²) in [5.41, 5.74) is 3.05. The van der Waals surface area contributed by atoms with Gasteiger partial charge in [-0.1, -0.05) is 39.0 Å². The van der Waals surface area contributed by atoms with Crippen LogP contribution in [0.3, 0.4) is 0 Å². The van der Waals surface area contributed by atoms with Crippen LogP contribution >= 0.6 is 0 Å². The Bertz CT molecular complexity index is 346. The van der Waals surface area contributed by atoms with Gasteiger partial charge in [-0.05, 0) is 17.0 Å². The lowest BCUT2D eigenvalue weighted by atomic mass is 9.85. The van der Waals surface area contributed by atoms with Crippen molar-refractivity contribution in [1.29, 1.82) is 0 Å². The Kier molecular flexibility index (Phi) is 3.20. The molecule has 0 bridgehead atoms. The summed E-state index contributed by atoms with van der Waals surface area (Å²) in [6.07, 6.45) is 0. The first-order valence-electron chi connectivity index (χ1n) is 6.07. The quantitative estimate of drug-likeness (QED) is 0.706. The van der Waals surface area contributed by atoms with Gasteiger partial charge in [-0.15, -0.1) is 0 Å². The van der Waals surface area contributed by atoms with Crippen LogP contribution in [0.25, 0.3) is 0 Å². The molecule has 0 spiro atoms. The zero-order valence-corrected chi connectivity index (χ0v) is 10.5. The minimum atomic E-state index is 0.213. The molecule has 0 unspecified atom stereocenters. The van der Waals surface area contributed by atoms with Gasteiger partial charge >= 0.3 is 0 Å². The van der Waals surface area contributed by atoms with E-state index in [0.717, 1.165) is 26.2 Å². The van der Waals surface area contributed by atoms with Gasteiger partial charge in [0, 0.05) is 31.9 Å². The van der Waals surface area contributed by atoms with E-state index in [1.165, 1.54) is 11.3 Å². The monoisotopic (exact) mass is 217 g/mol. The van der Waals surface area contributed by atoms with Crippen molar-refractivity contribution < 1.29 is 0 Å². The number of benzene rings is 1. The Morgan fingerprint density at radius 3 is 2.31 bits per heavy atom. The summed E-state index contributed by atoms with van der Waals surface area (Å²) in [5, 5.41) is 4.40. The number of rotatable bonds is 1. The number of hydrogen-bond acceptors (Lipinski definition) is 1. The van der Waals surface area contributed by atoms with Gasteiger partial charge in [0.2, 0.25) is 0 Å². The summed E-state index contributed by atoms with van der Waals surface area (Å²) >= 11 is 0. The van der Waals surface area contributed by atoms with E-state index in [4.69, 9.17) is 0 Å². The minimum absolute atomic E-state index is 0.213. The summed E-state index contributed by atoms with van der Waals surface area (Å²) < 4.78 is 0. The van der Waals surface area contributed by atoms with Gasteiger partial charge < -0.3 is 4.90 Å². The van der Waals surface area contributed by atoms with Gasteiger partial charge in [-0.25, -0.2) is 5.32 Å². The van der Waals surface area contributed by atoms with Crippen LogP contribution in [-0.2, 0) is 5.41 Å². The summed E-state index contributed by atoms with van der Waals surface area (Å²) in [6.45, 7) is 10.9. The molecule has 2 nitrogen and oxygen atoms in total. The highest BCUT2D eigenvalue weighted by molar-refractivity contribution is 5.56. The maximum Gasteiger partial charge on any atom is 0.0405 e. The van der Waals surface area contributed by atoms with Crippen molar-refractivity contribution in [3.05, 3.63) is 29.8 Å². The first-order valence-corrected chi connectivity index (χ1v) is 6.07. The number of piperazine rings is 1. The van der Waals surface area contributed by atoms with Crippen molar-refractivity contribution in [3.63, 3.8) is 0 Å². The second kappa shape index (κ2) is 4.46. The van der Waals surface area contributed by atoms with Crippen molar-refractivity contribution in [2.45, 2.75) is 26.2 Å². The van der Waals surface area contributed by atoms with Crippen LogP contribution in [0, 0.1) is 0 Å². The number of nitrogens with zero attached hydrogens (tertiary/aromatic N) is 2. The van der Waals surface area contributed by atoms with Crippen molar-refractivity contribution >= 4 is 5.69 Å². The van der Waals surface area contributed by atoms with Gasteiger partial charge in [-0.2, -0.15) is 0 Å². The fourth-order valence-electron chi connectivity index (χ4n) is 2.23. The average Bonchev–Trinajstić information content (AvgIpc) is 2.29. The molecule has 1 aromatic rings. The van der Waals surface area contributed by atoms with E-state index in [0.29, 0.717) is 0 Å². The molecule has 0 aromatic heterocycles. The fourth-order valence-corrected chi connectivity index (χ4v) is 2.23. The maximum atomic E-state index is 4.40. The van der Waals surface area contributed by atoms with E-state index in [1.54, 1.807) is 0 Å². The Morgan fingerprint density at radius 1 is 1.06 bits per heavy atom. The zero-order chi connectivity index (χ0) is 11.6. The molecule has 1 aromatic carbocycles. The molecule has 2 heteroatoms. The van der Waals surface area contributed by atoms with E-state index in [2.05, 4.69) is 55.3 Å². The predicted octanol–water partition coefficient (Wildman–Crippen LogP) is 2.41. The third kappa shape index (κ3) is 2.38. The molecule has 1 radical (unpaired) electrons. The largest absolute Gasteiger partial charge is 0.369 e. The lowest BCUT2D eigenvalue weighted by molar-refractivity contribution is 0.558. The normalized spacial score (nSPS) is 17.6. The Labute approximate surface area is 98.7 Å². The molecular formula is C14H21N2. The minimum Gasteiger partial charge on any atom is -0.369 e. The third-order valence-electron chi connectivity index (χ3n) is 3.11. The molecule has 0 amide bonds. The number of para-hydroxylation sites is 1. The predicted molar refractivity (Wildman–Crippen MR) is 69.2 cm³/mol. The van der Waals surface area contributed by atoms with Crippen LogP contribution in [0.2, 0.25) is 0 Å². The van der Waals surface area contributed by atoms with Crippen molar-refractivity contribution in [2.75, 3.05) is 31.1 Å². The van der Waals surface area contributed by atoms with Crippen LogP contribution in [0.4, 0.5) is 5.69 Å². The summed E-state index contributed by atoms with van der Waals surface area (Å²) in [5.74, 6) is 0. The van der Waals surface area contributed by atoms with E-state index < -0.39 is 0 Å². The molecule has 0 N–H and O–H groups in total. The van der Waals surface area contributed by atoms with E-state index in [1.807, 2.05) is 0 Å². The van der Waals surface area contributed by atoms with Crippen LogP contribution in [0.5, 0.6) is 0 Å². The van der Waals surface area contributed by atoms with Crippen molar-refractivity contribution in [3.8, 4) is 0 Å². The van der Waals surface area contributed by atoms with Crippen LogP contribution in [0.1, 0.15) is 26.3 Å². The van der Waals surface area contributed by atoms with Gasteiger partial charge in [0.05, 0.1) is 0 Å². The SMILES string of the molecule is CC(C)(C)c1ccccc1N1CC[N]CC1. The summed E-state index contributed by atoms with van der Waals surface area (Å²) in [6, 6.07) is 8.77. The maximum absolute atomic E-state index is 4.40. The van der Waals surface area contributed by atoms with Crippen LogP contribution < -0.4 is 10.2 Å². The Morgan fingerprint density at radius 2 is 1.69 bits per heavy atom. The molecule has 16 heavy (non-hydrogen) atoms. The van der Waals surface area contributed by atoms with Gasteiger partial charge in [0.1, 0.15) is 0 Å². The smallest absolute Gasteiger partial charge is 0.0405 e. The fraction of sp³-hybridized carbons (Fsp3) is 0.571. The van der Waals surface area contributed by atoms with Crippen molar-refractivity contribution in [2.24, 2.45) is 0 Å². The molecule has 1 aliphatic rings. The summed E-state index contributed by atoms with van der Waals surface area (Å²) in [7, 11) is 0. The number of anilines is 1. The Hall–Kier alpha value is -1.02. The molecule has 2 rings (SSSR count). The van der Waals surface area contributed by atoms with E-state index in [9.17, 15) is 0 Å². The van der Waals surface area contributed by atoms with Crippen LogP contribution in [0.15, 0.2) is 24.3 Å². The van der Waals surface area contributed by atoms with E-state index >= 15 is 0 Å². The second-order valence-corrected chi connectivity index (χ2v) is 5.43. The molecule has 0 atom stereocenters. The standard InChI is InChI=1S/C14H21N2/c1-14(2,3)12-6-4-5-7-13(12)16-10-8-15-9-11-16/h4-7H,8-11H2,1-3H3. The first kappa shape index (κ1) is 11.5. The highest BCUT2D eigenvalue weighted by Gasteiger charge is 2.21. The number of hydrogen-bond donors (Lipinski definition) is 0. The molecular weight excluding hydrogens is 196 g/mol. The molecule has 0 saturated carbocycles.